The molecule has 1 aromatic carbocycles. The maximum absolute atomic E-state index is 9.46. The summed E-state index contributed by atoms with van der Waals surface area (Å²) >= 11 is 0. The Morgan fingerprint density at radius 2 is 2.10 bits per heavy atom. The van der Waals surface area contributed by atoms with Gasteiger partial charge in [-0.15, -0.1) is 0 Å². The van der Waals surface area contributed by atoms with Gasteiger partial charge in [0.1, 0.15) is 5.75 Å². The zero-order valence-corrected chi connectivity index (χ0v) is 12.2. The number of hydrogen-bond donors (Lipinski definition) is 3. The molecule has 0 saturated heterocycles. The predicted octanol–water partition coefficient (Wildman–Crippen LogP) is 2.78. The Kier molecular flexibility index (Phi) is 5.71. The van der Waals surface area contributed by atoms with Crippen molar-refractivity contribution in [2.75, 3.05) is 6.54 Å². The highest BCUT2D eigenvalue weighted by atomic mass is 16.3. The van der Waals surface area contributed by atoms with Crippen molar-refractivity contribution >= 4 is 5.96 Å². The minimum atomic E-state index is 0.294. The van der Waals surface area contributed by atoms with Crippen molar-refractivity contribution in [3.05, 3.63) is 29.8 Å². The summed E-state index contributed by atoms with van der Waals surface area (Å²) in [6, 6.07) is 7.81. The molecule has 20 heavy (non-hydrogen) atoms. The second kappa shape index (κ2) is 7.78. The maximum atomic E-state index is 9.46. The lowest BCUT2D eigenvalue weighted by Crippen LogP contribution is -2.44. The third kappa shape index (κ3) is 4.76. The Hall–Kier alpha value is -1.71. The van der Waals surface area contributed by atoms with Crippen LogP contribution in [0.2, 0.25) is 0 Å². The number of nitrogens with one attached hydrogen (secondary N) is 2. The van der Waals surface area contributed by atoms with Crippen LogP contribution in [0.25, 0.3) is 0 Å². The number of hydrogen-bond acceptors (Lipinski definition) is 2. The van der Waals surface area contributed by atoms with E-state index in [1.165, 1.54) is 32.1 Å². The fourth-order valence-corrected chi connectivity index (χ4v) is 2.59. The van der Waals surface area contributed by atoms with Crippen molar-refractivity contribution in [1.82, 2.24) is 10.6 Å². The third-order valence-electron chi connectivity index (χ3n) is 3.62. The Morgan fingerprint density at radius 3 is 2.80 bits per heavy atom. The van der Waals surface area contributed by atoms with Gasteiger partial charge in [-0.1, -0.05) is 31.4 Å². The SMILES string of the molecule is CCNC(=NCc1cccc(O)c1)NC1CCCCC1. The summed E-state index contributed by atoms with van der Waals surface area (Å²) in [6.07, 6.45) is 6.44. The highest BCUT2D eigenvalue weighted by Crippen LogP contribution is 2.17. The number of nitrogens with zero attached hydrogens (tertiary/aromatic N) is 1. The van der Waals surface area contributed by atoms with Crippen LogP contribution < -0.4 is 10.6 Å². The molecule has 1 aromatic rings. The largest absolute Gasteiger partial charge is 0.508 e. The van der Waals surface area contributed by atoms with Gasteiger partial charge in [0.25, 0.3) is 0 Å². The number of guanidine groups is 1. The number of benzene rings is 1. The average Bonchev–Trinajstić information content (AvgIpc) is 2.46. The van der Waals surface area contributed by atoms with E-state index in [2.05, 4.69) is 22.5 Å². The number of phenolic OH excluding ortho intramolecular Hbond substituents is 1. The van der Waals surface area contributed by atoms with Gasteiger partial charge in [-0.3, -0.25) is 0 Å². The van der Waals surface area contributed by atoms with Gasteiger partial charge < -0.3 is 15.7 Å². The quantitative estimate of drug-likeness (QED) is 0.585. The Morgan fingerprint density at radius 1 is 1.30 bits per heavy atom. The van der Waals surface area contributed by atoms with Crippen LogP contribution in [0.15, 0.2) is 29.3 Å². The monoisotopic (exact) mass is 275 g/mol. The fourth-order valence-electron chi connectivity index (χ4n) is 2.59. The van der Waals surface area contributed by atoms with E-state index >= 15 is 0 Å². The highest BCUT2D eigenvalue weighted by Gasteiger charge is 2.14. The molecule has 1 aliphatic carbocycles. The van der Waals surface area contributed by atoms with Crippen molar-refractivity contribution in [3.63, 3.8) is 0 Å². The van der Waals surface area contributed by atoms with E-state index in [-0.39, 0.29) is 0 Å². The maximum Gasteiger partial charge on any atom is 0.191 e. The van der Waals surface area contributed by atoms with Crippen molar-refractivity contribution in [3.8, 4) is 5.75 Å². The summed E-state index contributed by atoms with van der Waals surface area (Å²) in [5.41, 5.74) is 1.02. The summed E-state index contributed by atoms with van der Waals surface area (Å²) in [4.78, 5) is 4.60. The number of phenols is 1. The minimum absolute atomic E-state index is 0.294. The molecular formula is C16H25N3O. The van der Waals surface area contributed by atoms with Crippen LogP contribution in [-0.2, 0) is 6.54 Å². The molecule has 1 saturated carbocycles. The van der Waals surface area contributed by atoms with E-state index in [9.17, 15) is 5.11 Å². The first-order chi connectivity index (χ1) is 9.78. The molecule has 0 aromatic heterocycles. The summed E-state index contributed by atoms with van der Waals surface area (Å²) in [5, 5.41) is 16.3. The molecular weight excluding hydrogens is 250 g/mol. The van der Waals surface area contributed by atoms with Crippen LogP contribution in [0.1, 0.15) is 44.6 Å². The van der Waals surface area contributed by atoms with Gasteiger partial charge in [-0.2, -0.15) is 0 Å². The molecule has 0 bridgehead atoms. The van der Waals surface area contributed by atoms with Gasteiger partial charge >= 0.3 is 0 Å². The first-order valence-electron chi connectivity index (χ1n) is 7.60. The topological polar surface area (TPSA) is 56.7 Å². The van der Waals surface area contributed by atoms with Crippen LogP contribution in [0.3, 0.4) is 0 Å². The molecule has 0 heterocycles. The van der Waals surface area contributed by atoms with E-state index in [0.29, 0.717) is 18.3 Å². The molecule has 0 atom stereocenters. The molecule has 0 unspecified atom stereocenters. The normalized spacial score (nSPS) is 16.9. The predicted molar refractivity (Wildman–Crippen MR) is 82.9 cm³/mol. The Bertz CT molecular complexity index is 439. The van der Waals surface area contributed by atoms with Crippen molar-refractivity contribution < 1.29 is 5.11 Å². The van der Waals surface area contributed by atoms with Gasteiger partial charge in [0, 0.05) is 12.6 Å². The van der Waals surface area contributed by atoms with Crippen LogP contribution >= 0.6 is 0 Å². The van der Waals surface area contributed by atoms with Gasteiger partial charge in [0.2, 0.25) is 0 Å². The molecule has 2 rings (SSSR count). The van der Waals surface area contributed by atoms with Gasteiger partial charge in [-0.25, -0.2) is 4.99 Å². The second-order valence-corrected chi connectivity index (χ2v) is 5.34. The van der Waals surface area contributed by atoms with Crippen LogP contribution in [0.4, 0.5) is 0 Å². The smallest absolute Gasteiger partial charge is 0.191 e. The lowest BCUT2D eigenvalue weighted by atomic mass is 9.96. The lowest BCUT2D eigenvalue weighted by Gasteiger charge is -2.24. The Balaban J connectivity index is 1.94. The molecule has 0 radical (unpaired) electrons. The molecule has 1 fully saturated rings. The summed E-state index contributed by atoms with van der Waals surface area (Å²) in [6.45, 7) is 3.52. The van der Waals surface area contributed by atoms with Crippen LogP contribution in [0.5, 0.6) is 5.75 Å². The van der Waals surface area contributed by atoms with E-state index in [1.54, 1.807) is 12.1 Å². The van der Waals surface area contributed by atoms with E-state index < -0.39 is 0 Å². The molecule has 4 heteroatoms. The van der Waals surface area contributed by atoms with Crippen LogP contribution in [0, 0.1) is 0 Å². The third-order valence-corrected chi connectivity index (χ3v) is 3.62. The van der Waals surface area contributed by atoms with E-state index in [4.69, 9.17) is 0 Å². The fraction of sp³-hybridized carbons (Fsp3) is 0.562. The van der Waals surface area contributed by atoms with Gasteiger partial charge in [0.15, 0.2) is 5.96 Å². The highest BCUT2D eigenvalue weighted by molar-refractivity contribution is 5.80. The zero-order chi connectivity index (χ0) is 14.2. The average molecular weight is 275 g/mol. The van der Waals surface area contributed by atoms with E-state index in [0.717, 1.165) is 18.1 Å². The standard InChI is InChI=1S/C16H25N3O/c1-2-17-16(19-14-8-4-3-5-9-14)18-12-13-7-6-10-15(20)11-13/h6-7,10-11,14,20H,2-5,8-9,12H2,1H3,(H2,17,18,19). The molecule has 0 aliphatic heterocycles. The lowest BCUT2D eigenvalue weighted by molar-refractivity contribution is 0.410. The van der Waals surface area contributed by atoms with E-state index in [1.807, 2.05) is 12.1 Å². The zero-order valence-electron chi connectivity index (χ0n) is 12.2. The molecule has 4 nitrogen and oxygen atoms in total. The molecule has 0 amide bonds. The molecule has 0 spiro atoms. The van der Waals surface area contributed by atoms with Crippen molar-refractivity contribution in [1.29, 1.82) is 0 Å². The first-order valence-corrected chi connectivity index (χ1v) is 7.60. The molecule has 110 valence electrons. The number of aromatic hydroxyl groups is 1. The van der Waals surface area contributed by atoms with Crippen molar-refractivity contribution in [2.24, 2.45) is 4.99 Å². The molecule has 1 aliphatic rings. The summed E-state index contributed by atoms with van der Waals surface area (Å²) in [7, 11) is 0. The number of rotatable bonds is 4. The van der Waals surface area contributed by atoms with Crippen molar-refractivity contribution in [2.45, 2.75) is 51.6 Å². The summed E-state index contributed by atoms with van der Waals surface area (Å²) in [5.74, 6) is 1.17. The van der Waals surface area contributed by atoms with Gasteiger partial charge in [-0.05, 0) is 37.5 Å². The second-order valence-electron chi connectivity index (χ2n) is 5.34. The molecule has 3 N–H and O–H groups in total. The van der Waals surface area contributed by atoms with Crippen LogP contribution in [-0.4, -0.2) is 23.7 Å². The Labute approximate surface area is 121 Å². The minimum Gasteiger partial charge on any atom is -0.508 e. The van der Waals surface area contributed by atoms with Gasteiger partial charge in [0.05, 0.1) is 6.54 Å². The number of aliphatic imine (C=N–C) groups is 1. The summed E-state index contributed by atoms with van der Waals surface area (Å²) < 4.78 is 0. The first kappa shape index (κ1) is 14.7.